The molecule has 10 heteroatoms. The zero-order valence-electron chi connectivity index (χ0n) is 15.7. The number of aryl methyl sites for hydroxylation is 1. The van der Waals surface area contributed by atoms with Gasteiger partial charge in [0.25, 0.3) is 0 Å². The van der Waals surface area contributed by atoms with Crippen molar-refractivity contribution in [2.45, 2.75) is 37.8 Å². The quantitative estimate of drug-likeness (QED) is 0.387. The highest BCUT2D eigenvalue weighted by molar-refractivity contribution is 9.10. The molecule has 2 heterocycles. The lowest BCUT2D eigenvalue weighted by molar-refractivity contribution is -0.139. The molecule has 0 spiro atoms. The van der Waals surface area contributed by atoms with E-state index in [2.05, 4.69) is 27.8 Å². The van der Waals surface area contributed by atoms with Crippen molar-refractivity contribution in [2.24, 2.45) is 5.14 Å². The normalized spacial score (nSPS) is 12.1. The molecule has 0 amide bonds. The number of carbonyl (C=O) groups excluding carboxylic acids is 1. The molecule has 29 heavy (non-hydrogen) atoms. The second-order valence-electron chi connectivity index (χ2n) is 6.31. The molecule has 0 saturated heterocycles. The van der Waals surface area contributed by atoms with Gasteiger partial charge in [-0.05, 0) is 58.8 Å². The summed E-state index contributed by atoms with van der Waals surface area (Å²) in [6.07, 6.45) is 4.64. The average molecular weight is 482 g/mol. The van der Waals surface area contributed by atoms with Gasteiger partial charge in [0, 0.05) is 12.6 Å². The van der Waals surface area contributed by atoms with Crippen LogP contribution in [0.2, 0.25) is 0 Å². The summed E-state index contributed by atoms with van der Waals surface area (Å²) in [6, 6.07) is 7.96. The Morgan fingerprint density at radius 2 is 2.14 bits per heavy atom. The van der Waals surface area contributed by atoms with E-state index in [1.54, 1.807) is 18.2 Å². The molecule has 0 saturated carbocycles. The summed E-state index contributed by atoms with van der Waals surface area (Å²) in [4.78, 5) is 16.5. The van der Waals surface area contributed by atoms with Crippen LogP contribution in [0.15, 0.2) is 50.4 Å². The summed E-state index contributed by atoms with van der Waals surface area (Å²) in [5.74, 6) is 0.499. The summed E-state index contributed by atoms with van der Waals surface area (Å²) in [5, 5.41) is 5.20. The van der Waals surface area contributed by atoms with Crippen LogP contribution in [-0.4, -0.2) is 23.9 Å². The van der Waals surface area contributed by atoms with Crippen LogP contribution in [0, 0.1) is 0 Å². The number of rotatable bonds is 8. The Kier molecular flexibility index (Phi) is 6.56. The number of hydrogen-bond acceptors (Lipinski definition) is 6. The SMILES string of the molecule is CCCCn1c(COC(=O)/C=C\c2ccc(Br)o2)nc2cc(S(N)(=O)=O)ccc21. The summed E-state index contributed by atoms with van der Waals surface area (Å²) in [6.45, 7) is 2.69. The molecule has 0 aliphatic heterocycles. The van der Waals surface area contributed by atoms with Crippen LogP contribution in [0.1, 0.15) is 31.4 Å². The first-order chi connectivity index (χ1) is 13.8. The Morgan fingerprint density at radius 3 is 2.79 bits per heavy atom. The number of aromatic nitrogens is 2. The number of carbonyl (C=O) groups is 1. The Bertz CT molecular complexity index is 1160. The molecule has 1 aromatic carbocycles. The van der Waals surface area contributed by atoms with Crippen molar-refractivity contribution in [3.8, 4) is 0 Å². The molecule has 2 aromatic heterocycles. The van der Waals surface area contributed by atoms with Crippen LogP contribution in [0.3, 0.4) is 0 Å². The fourth-order valence-electron chi connectivity index (χ4n) is 2.76. The van der Waals surface area contributed by atoms with Gasteiger partial charge in [-0.1, -0.05) is 13.3 Å². The number of furan rings is 1. The first-order valence-corrected chi connectivity index (χ1v) is 11.2. The van der Waals surface area contributed by atoms with Gasteiger partial charge in [-0.15, -0.1) is 0 Å². The van der Waals surface area contributed by atoms with Crippen molar-refractivity contribution in [3.63, 3.8) is 0 Å². The highest BCUT2D eigenvalue weighted by Crippen LogP contribution is 2.21. The van der Waals surface area contributed by atoms with Gasteiger partial charge >= 0.3 is 5.97 Å². The molecule has 2 N–H and O–H groups in total. The van der Waals surface area contributed by atoms with E-state index in [-0.39, 0.29) is 11.5 Å². The van der Waals surface area contributed by atoms with Crippen molar-refractivity contribution < 1.29 is 22.4 Å². The maximum absolute atomic E-state index is 12.0. The Labute approximate surface area is 176 Å². The summed E-state index contributed by atoms with van der Waals surface area (Å²) in [7, 11) is -3.83. The number of imidazole rings is 1. The number of ether oxygens (including phenoxy) is 1. The largest absolute Gasteiger partial charge is 0.454 e. The summed E-state index contributed by atoms with van der Waals surface area (Å²) in [5.41, 5.74) is 1.24. The molecule has 8 nitrogen and oxygen atoms in total. The van der Waals surface area contributed by atoms with E-state index in [1.807, 2.05) is 4.57 Å². The fourth-order valence-corrected chi connectivity index (χ4v) is 3.62. The number of halogens is 1. The van der Waals surface area contributed by atoms with Gasteiger partial charge < -0.3 is 13.7 Å². The number of nitrogens with zero attached hydrogens (tertiary/aromatic N) is 2. The predicted molar refractivity (Wildman–Crippen MR) is 111 cm³/mol. The average Bonchev–Trinajstić information content (AvgIpc) is 3.24. The van der Waals surface area contributed by atoms with Crippen LogP contribution in [-0.2, 0) is 32.7 Å². The number of benzene rings is 1. The highest BCUT2D eigenvalue weighted by atomic mass is 79.9. The molecular formula is C19H20BrN3O5S. The number of sulfonamides is 1. The molecule has 154 valence electrons. The molecule has 3 aromatic rings. The van der Waals surface area contributed by atoms with Crippen LogP contribution < -0.4 is 5.14 Å². The summed E-state index contributed by atoms with van der Waals surface area (Å²) >= 11 is 3.19. The summed E-state index contributed by atoms with van der Waals surface area (Å²) < 4.78 is 36.3. The third-order valence-corrected chi connectivity index (χ3v) is 5.52. The molecule has 0 aliphatic carbocycles. The van der Waals surface area contributed by atoms with E-state index in [0.29, 0.717) is 28.3 Å². The number of hydrogen-bond donors (Lipinski definition) is 1. The number of primary sulfonamides is 1. The van der Waals surface area contributed by atoms with Crippen molar-refractivity contribution >= 4 is 49.0 Å². The predicted octanol–water partition coefficient (Wildman–Crippen LogP) is 3.60. The van der Waals surface area contributed by atoms with E-state index in [4.69, 9.17) is 14.3 Å². The maximum atomic E-state index is 12.0. The van der Waals surface area contributed by atoms with Gasteiger partial charge in [-0.25, -0.2) is 23.3 Å². The van der Waals surface area contributed by atoms with Crippen molar-refractivity contribution in [1.82, 2.24) is 9.55 Å². The molecule has 0 atom stereocenters. The highest BCUT2D eigenvalue weighted by Gasteiger charge is 2.15. The van der Waals surface area contributed by atoms with Crippen molar-refractivity contribution in [2.75, 3.05) is 0 Å². The Hall–Kier alpha value is -2.43. The zero-order chi connectivity index (χ0) is 21.0. The third kappa shape index (κ3) is 5.34. The third-order valence-electron chi connectivity index (χ3n) is 4.18. The van der Waals surface area contributed by atoms with Crippen LogP contribution in [0.4, 0.5) is 0 Å². The van der Waals surface area contributed by atoms with E-state index >= 15 is 0 Å². The van der Waals surface area contributed by atoms with Crippen molar-refractivity contribution in [3.05, 3.63) is 52.7 Å². The smallest absolute Gasteiger partial charge is 0.331 e. The fraction of sp³-hybridized carbons (Fsp3) is 0.263. The first-order valence-electron chi connectivity index (χ1n) is 8.90. The van der Waals surface area contributed by atoms with E-state index < -0.39 is 16.0 Å². The minimum atomic E-state index is -3.83. The first kappa shape index (κ1) is 21.3. The molecule has 0 fully saturated rings. The van der Waals surface area contributed by atoms with Crippen LogP contribution >= 0.6 is 15.9 Å². The van der Waals surface area contributed by atoms with Crippen molar-refractivity contribution in [1.29, 1.82) is 0 Å². The van der Waals surface area contributed by atoms with Gasteiger partial charge in [0.2, 0.25) is 10.0 Å². The van der Waals surface area contributed by atoms with Gasteiger partial charge in [0.15, 0.2) is 4.67 Å². The van der Waals surface area contributed by atoms with Crippen LogP contribution in [0.25, 0.3) is 17.1 Å². The molecule has 0 unspecified atom stereocenters. The molecular weight excluding hydrogens is 462 g/mol. The standard InChI is InChI=1S/C19H20BrN3O5S/c1-2-3-10-23-16-7-6-14(29(21,25)26)11-15(16)22-18(23)12-27-19(24)9-5-13-4-8-17(20)28-13/h4-9,11H,2-3,10,12H2,1H3,(H2,21,25,26)/b9-5-. The second kappa shape index (κ2) is 8.93. The lowest BCUT2D eigenvalue weighted by atomic mass is 10.3. The maximum Gasteiger partial charge on any atom is 0.331 e. The number of esters is 1. The number of nitrogens with two attached hydrogens (primary N) is 1. The van der Waals surface area contributed by atoms with E-state index in [1.165, 1.54) is 24.3 Å². The molecule has 0 radical (unpaired) electrons. The topological polar surface area (TPSA) is 117 Å². The molecule has 3 rings (SSSR count). The molecule has 0 aliphatic rings. The van der Waals surface area contributed by atoms with Gasteiger partial charge in [-0.2, -0.15) is 0 Å². The number of unbranched alkanes of at least 4 members (excludes halogenated alkanes) is 1. The van der Waals surface area contributed by atoms with Gasteiger partial charge in [0.1, 0.15) is 18.2 Å². The minimum absolute atomic E-state index is 0.0128. The zero-order valence-corrected chi connectivity index (χ0v) is 18.1. The van der Waals surface area contributed by atoms with Gasteiger partial charge in [-0.3, -0.25) is 0 Å². The van der Waals surface area contributed by atoms with E-state index in [0.717, 1.165) is 18.4 Å². The lowest BCUT2D eigenvalue weighted by Gasteiger charge is -2.08. The minimum Gasteiger partial charge on any atom is -0.454 e. The van der Waals surface area contributed by atoms with Gasteiger partial charge in [0.05, 0.1) is 15.9 Å². The lowest BCUT2D eigenvalue weighted by Crippen LogP contribution is -2.11. The Morgan fingerprint density at radius 1 is 1.34 bits per heavy atom. The van der Waals surface area contributed by atoms with E-state index in [9.17, 15) is 13.2 Å². The molecule has 0 bridgehead atoms. The van der Waals surface area contributed by atoms with Crippen LogP contribution in [0.5, 0.6) is 0 Å². The monoisotopic (exact) mass is 481 g/mol. The Balaban J connectivity index is 1.81. The second-order valence-corrected chi connectivity index (χ2v) is 8.65. The number of fused-ring (bicyclic) bond motifs is 1.